The Morgan fingerprint density at radius 2 is 1.56 bits per heavy atom. The number of rotatable bonds is 4. The van der Waals surface area contributed by atoms with Crippen molar-refractivity contribution in [2.24, 2.45) is 0 Å². The molecule has 2 amide bonds. The maximum absolute atomic E-state index is 13.1. The van der Waals surface area contributed by atoms with Gasteiger partial charge in [-0.05, 0) is 70.7 Å². The summed E-state index contributed by atoms with van der Waals surface area (Å²) in [6, 6.07) is 12.4. The summed E-state index contributed by atoms with van der Waals surface area (Å²) in [7, 11) is 0. The second kappa shape index (κ2) is 9.55. The van der Waals surface area contributed by atoms with E-state index in [-0.39, 0.29) is 23.8 Å². The summed E-state index contributed by atoms with van der Waals surface area (Å²) in [4.78, 5) is 40.1. The van der Waals surface area contributed by atoms with E-state index in [0.29, 0.717) is 42.6 Å². The Hall–Kier alpha value is -3.15. The number of hydrogen-bond acceptors (Lipinski definition) is 4. The van der Waals surface area contributed by atoms with E-state index in [0.717, 1.165) is 11.1 Å². The summed E-state index contributed by atoms with van der Waals surface area (Å²) in [5.74, 6) is -0.438. The zero-order chi connectivity index (χ0) is 23.5. The summed E-state index contributed by atoms with van der Waals surface area (Å²) in [6.07, 6.45) is 0.947. The second-order valence-electron chi connectivity index (χ2n) is 9.39. The minimum atomic E-state index is -0.533. The lowest BCUT2D eigenvalue weighted by Gasteiger charge is -2.33. The van der Waals surface area contributed by atoms with Crippen LogP contribution in [-0.4, -0.2) is 47.4 Å². The molecule has 0 bridgehead atoms. The number of aryl methyl sites for hydroxylation is 2. The summed E-state index contributed by atoms with van der Waals surface area (Å²) in [5, 5.41) is 3.04. The minimum absolute atomic E-state index is 0.0639. The summed E-state index contributed by atoms with van der Waals surface area (Å²) < 4.78 is 5.42. The Balaban J connectivity index is 1.66. The molecule has 1 aliphatic heterocycles. The Kier molecular flexibility index (Phi) is 7.02. The van der Waals surface area contributed by atoms with Crippen LogP contribution >= 0.6 is 0 Å². The van der Waals surface area contributed by atoms with Gasteiger partial charge in [0.15, 0.2) is 5.78 Å². The fraction of sp³-hybridized carbons (Fsp3) is 0.423. The normalized spacial score (nSPS) is 14.7. The smallest absolute Gasteiger partial charge is 0.410 e. The van der Waals surface area contributed by atoms with Crippen molar-refractivity contribution >= 4 is 17.8 Å². The van der Waals surface area contributed by atoms with Gasteiger partial charge < -0.3 is 15.0 Å². The number of carbonyl (C=O) groups excluding carboxylic acids is 3. The number of ketones is 1. The van der Waals surface area contributed by atoms with Crippen LogP contribution in [0.5, 0.6) is 0 Å². The van der Waals surface area contributed by atoms with Gasteiger partial charge in [0.2, 0.25) is 0 Å². The zero-order valence-electron chi connectivity index (χ0n) is 19.5. The van der Waals surface area contributed by atoms with Crippen molar-refractivity contribution in [2.75, 3.05) is 13.1 Å². The highest BCUT2D eigenvalue weighted by molar-refractivity contribution is 6.15. The molecule has 6 nitrogen and oxygen atoms in total. The fourth-order valence-electron chi connectivity index (χ4n) is 3.71. The first kappa shape index (κ1) is 23.5. The monoisotopic (exact) mass is 436 g/mol. The summed E-state index contributed by atoms with van der Waals surface area (Å²) in [6.45, 7) is 10.5. The molecular formula is C26H32N2O4. The van der Waals surface area contributed by atoms with E-state index < -0.39 is 5.60 Å². The largest absolute Gasteiger partial charge is 0.444 e. The molecule has 0 unspecified atom stereocenters. The van der Waals surface area contributed by atoms with Crippen molar-refractivity contribution < 1.29 is 19.1 Å². The Bertz CT molecular complexity index is 1010. The van der Waals surface area contributed by atoms with E-state index in [4.69, 9.17) is 4.74 Å². The first-order valence-electron chi connectivity index (χ1n) is 11.0. The molecule has 0 spiro atoms. The highest BCUT2D eigenvalue weighted by atomic mass is 16.6. The van der Waals surface area contributed by atoms with E-state index in [2.05, 4.69) is 5.32 Å². The maximum Gasteiger partial charge on any atom is 0.410 e. The lowest BCUT2D eigenvalue weighted by Crippen LogP contribution is -2.48. The van der Waals surface area contributed by atoms with Crippen LogP contribution in [0.25, 0.3) is 0 Å². The van der Waals surface area contributed by atoms with E-state index in [1.54, 1.807) is 35.2 Å². The van der Waals surface area contributed by atoms with Crippen molar-refractivity contribution in [3.8, 4) is 0 Å². The number of nitrogens with one attached hydrogen (secondary N) is 1. The fourth-order valence-corrected chi connectivity index (χ4v) is 3.71. The Morgan fingerprint density at radius 1 is 0.938 bits per heavy atom. The molecule has 32 heavy (non-hydrogen) atoms. The number of ether oxygens (including phenoxy) is 1. The molecule has 3 rings (SSSR count). The second-order valence-corrected chi connectivity index (χ2v) is 9.39. The van der Waals surface area contributed by atoms with E-state index >= 15 is 0 Å². The van der Waals surface area contributed by atoms with Gasteiger partial charge in [-0.2, -0.15) is 0 Å². The quantitative estimate of drug-likeness (QED) is 0.707. The molecule has 170 valence electrons. The third-order valence-electron chi connectivity index (χ3n) is 5.67. The molecule has 0 radical (unpaired) electrons. The van der Waals surface area contributed by atoms with Crippen LogP contribution in [-0.2, 0) is 4.74 Å². The van der Waals surface area contributed by atoms with Crippen molar-refractivity contribution in [1.29, 1.82) is 0 Å². The lowest BCUT2D eigenvalue weighted by atomic mass is 9.95. The number of hydrogen-bond donors (Lipinski definition) is 1. The number of nitrogens with zero attached hydrogens (tertiary/aromatic N) is 1. The van der Waals surface area contributed by atoms with Gasteiger partial charge in [0, 0.05) is 30.3 Å². The molecule has 1 aliphatic rings. The topological polar surface area (TPSA) is 75.7 Å². The maximum atomic E-state index is 13.1. The standard InChI is InChI=1S/C26H32N2O4/c1-17-10-11-19(16-18(17)2)23(29)21-8-6-7-9-22(21)24(30)27-20-12-14-28(15-13-20)25(31)32-26(3,4)5/h6-11,16,20H,12-15H2,1-5H3,(H,27,30). The van der Waals surface area contributed by atoms with Crippen LogP contribution in [0.3, 0.4) is 0 Å². The predicted molar refractivity (Wildman–Crippen MR) is 124 cm³/mol. The molecule has 0 aliphatic carbocycles. The molecule has 1 fully saturated rings. The number of amides is 2. The van der Waals surface area contributed by atoms with Gasteiger partial charge in [-0.25, -0.2) is 4.79 Å². The van der Waals surface area contributed by atoms with Crippen molar-refractivity contribution in [3.05, 3.63) is 70.3 Å². The molecular weight excluding hydrogens is 404 g/mol. The number of piperidine rings is 1. The minimum Gasteiger partial charge on any atom is -0.444 e. The molecule has 6 heteroatoms. The van der Waals surface area contributed by atoms with Gasteiger partial charge in [-0.1, -0.05) is 30.3 Å². The van der Waals surface area contributed by atoms with Crippen molar-refractivity contribution in [3.63, 3.8) is 0 Å². The Labute approximate surface area is 189 Å². The van der Waals surface area contributed by atoms with Gasteiger partial charge in [-0.15, -0.1) is 0 Å². The van der Waals surface area contributed by atoms with E-state index in [9.17, 15) is 14.4 Å². The SMILES string of the molecule is Cc1ccc(C(=O)c2ccccc2C(=O)NC2CCN(C(=O)OC(C)(C)C)CC2)cc1C. The van der Waals surface area contributed by atoms with Crippen LogP contribution in [0.1, 0.15) is 71.0 Å². The number of carbonyl (C=O) groups is 3. The molecule has 0 saturated carbocycles. The van der Waals surface area contributed by atoms with Crippen LogP contribution in [0.4, 0.5) is 4.79 Å². The van der Waals surface area contributed by atoms with Gasteiger partial charge >= 0.3 is 6.09 Å². The predicted octanol–water partition coefficient (Wildman–Crippen LogP) is 4.66. The molecule has 2 aromatic rings. The number of likely N-dealkylation sites (tertiary alicyclic amines) is 1. The van der Waals surface area contributed by atoms with Gasteiger partial charge in [-0.3, -0.25) is 9.59 Å². The third-order valence-corrected chi connectivity index (χ3v) is 5.67. The molecule has 1 heterocycles. The van der Waals surface area contributed by atoms with Crippen LogP contribution in [0.15, 0.2) is 42.5 Å². The van der Waals surface area contributed by atoms with E-state index in [1.165, 1.54) is 0 Å². The van der Waals surface area contributed by atoms with E-state index in [1.807, 2.05) is 46.8 Å². The van der Waals surface area contributed by atoms with Gasteiger partial charge in [0.05, 0.1) is 5.56 Å². The highest BCUT2D eigenvalue weighted by Gasteiger charge is 2.28. The average Bonchev–Trinajstić information content (AvgIpc) is 2.74. The Morgan fingerprint density at radius 3 is 2.16 bits per heavy atom. The molecule has 2 aromatic carbocycles. The first-order valence-corrected chi connectivity index (χ1v) is 11.0. The molecule has 1 saturated heterocycles. The first-order chi connectivity index (χ1) is 15.0. The summed E-state index contributed by atoms with van der Waals surface area (Å²) in [5.41, 5.74) is 2.94. The van der Waals surface area contributed by atoms with Gasteiger partial charge in [0.1, 0.15) is 5.60 Å². The van der Waals surface area contributed by atoms with Crippen LogP contribution in [0, 0.1) is 13.8 Å². The molecule has 0 atom stereocenters. The average molecular weight is 437 g/mol. The zero-order valence-corrected chi connectivity index (χ0v) is 19.5. The number of benzene rings is 2. The van der Waals surface area contributed by atoms with Crippen molar-refractivity contribution in [1.82, 2.24) is 10.2 Å². The van der Waals surface area contributed by atoms with Crippen molar-refractivity contribution in [2.45, 2.75) is 59.1 Å². The lowest BCUT2D eigenvalue weighted by molar-refractivity contribution is 0.0199. The van der Waals surface area contributed by atoms with Crippen LogP contribution in [0.2, 0.25) is 0 Å². The molecule has 0 aromatic heterocycles. The van der Waals surface area contributed by atoms with Crippen LogP contribution < -0.4 is 5.32 Å². The third kappa shape index (κ3) is 5.75. The highest BCUT2D eigenvalue weighted by Crippen LogP contribution is 2.19. The summed E-state index contributed by atoms with van der Waals surface area (Å²) >= 11 is 0. The van der Waals surface area contributed by atoms with Gasteiger partial charge in [0.25, 0.3) is 5.91 Å². The molecule has 1 N–H and O–H groups in total.